The molecule has 3 rings (SSSR count). The summed E-state index contributed by atoms with van der Waals surface area (Å²) < 4.78 is 5.68. The molecular weight excluding hydrogens is 272 g/mol. The van der Waals surface area contributed by atoms with Crippen molar-refractivity contribution in [1.29, 1.82) is 0 Å². The first-order chi connectivity index (χ1) is 10.2. The Hall–Kier alpha value is -2.28. The van der Waals surface area contributed by atoms with Crippen LogP contribution in [0.25, 0.3) is 11.0 Å². The zero-order chi connectivity index (χ0) is 14.7. The van der Waals surface area contributed by atoms with Crippen LogP contribution in [0.2, 0.25) is 0 Å². The van der Waals surface area contributed by atoms with Crippen molar-refractivity contribution in [3.63, 3.8) is 0 Å². The molecule has 7 heteroatoms. The molecule has 0 saturated carbocycles. The van der Waals surface area contributed by atoms with Gasteiger partial charge in [-0.3, -0.25) is 10.1 Å². The number of ether oxygens (including phenoxy) is 1. The summed E-state index contributed by atoms with van der Waals surface area (Å²) in [5.74, 6) is 0.954. The molecule has 110 valence electrons. The van der Waals surface area contributed by atoms with Gasteiger partial charge in [-0.2, -0.15) is 0 Å². The van der Waals surface area contributed by atoms with Crippen molar-refractivity contribution in [3.8, 4) is 5.88 Å². The van der Waals surface area contributed by atoms with Gasteiger partial charge in [-0.25, -0.2) is 9.97 Å². The van der Waals surface area contributed by atoms with E-state index < -0.39 is 4.92 Å². The minimum atomic E-state index is -0.443. The number of hydrogen-bond acceptors (Lipinski definition) is 6. The molecule has 1 aromatic heterocycles. The number of nitro groups is 1. The van der Waals surface area contributed by atoms with Crippen molar-refractivity contribution in [2.45, 2.75) is 12.8 Å². The van der Waals surface area contributed by atoms with Crippen LogP contribution in [0.4, 0.5) is 5.69 Å². The number of nitrogens with zero attached hydrogens (tertiary/aromatic N) is 3. The molecule has 1 N–H and O–H groups in total. The van der Waals surface area contributed by atoms with Crippen LogP contribution in [0.3, 0.4) is 0 Å². The lowest BCUT2D eigenvalue weighted by Gasteiger charge is -2.22. The molecule has 21 heavy (non-hydrogen) atoms. The third-order valence-electron chi connectivity index (χ3n) is 3.58. The first kappa shape index (κ1) is 13.7. The zero-order valence-corrected chi connectivity index (χ0v) is 11.5. The van der Waals surface area contributed by atoms with Crippen molar-refractivity contribution >= 4 is 16.7 Å². The lowest BCUT2D eigenvalue weighted by molar-refractivity contribution is -0.384. The first-order valence-electron chi connectivity index (χ1n) is 6.97. The molecule has 1 atom stereocenters. The van der Waals surface area contributed by atoms with Crippen LogP contribution in [0, 0.1) is 16.0 Å². The molecule has 1 saturated heterocycles. The van der Waals surface area contributed by atoms with Crippen molar-refractivity contribution in [2.75, 3.05) is 19.7 Å². The highest BCUT2D eigenvalue weighted by molar-refractivity contribution is 5.77. The number of hydrogen-bond donors (Lipinski definition) is 1. The minimum absolute atomic E-state index is 0.0127. The summed E-state index contributed by atoms with van der Waals surface area (Å²) in [5, 5.41) is 14.1. The Morgan fingerprint density at radius 3 is 3.10 bits per heavy atom. The summed E-state index contributed by atoms with van der Waals surface area (Å²) in [7, 11) is 0. The van der Waals surface area contributed by atoms with Crippen LogP contribution in [0.5, 0.6) is 5.88 Å². The molecule has 0 spiro atoms. The van der Waals surface area contributed by atoms with Gasteiger partial charge in [0.2, 0.25) is 5.88 Å². The summed E-state index contributed by atoms with van der Waals surface area (Å²) in [6, 6.07) is 4.43. The van der Waals surface area contributed by atoms with E-state index >= 15 is 0 Å². The number of non-ortho nitro benzene ring substituents is 1. The Morgan fingerprint density at radius 2 is 2.33 bits per heavy atom. The van der Waals surface area contributed by atoms with Gasteiger partial charge in [0.1, 0.15) is 0 Å². The Balaban J connectivity index is 1.71. The molecule has 1 fully saturated rings. The topological polar surface area (TPSA) is 90.2 Å². The molecule has 2 aromatic rings. The van der Waals surface area contributed by atoms with Gasteiger partial charge >= 0.3 is 0 Å². The maximum absolute atomic E-state index is 10.7. The molecular formula is C14H16N4O3. The van der Waals surface area contributed by atoms with Crippen molar-refractivity contribution in [3.05, 3.63) is 34.5 Å². The number of nitrogens with one attached hydrogen (secondary N) is 1. The second-order valence-corrected chi connectivity index (χ2v) is 5.16. The van der Waals surface area contributed by atoms with Gasteiger partial charge in [-0.15, -0.1) is 0 Å². The van der Waals surface area contributed by atoms with Crippen molar-refractivity contribution in [2.24, 2.45) is 5.92 Å². The van der Waals surface area contributed by atoms with E-state index in [1.807, 2.05) is 0 Å². The van der Waals surface area contributed by atoms with E-state index in [9.17, 15) is 10.1 Å². The average molecular weight is 288 g/mol. The van der Waals surface area contributed by atoms with Crippen LogP contribution in [-0.4, -0.2) is 34.6 Å². The molecule has 1 unspecified atom stereocenters. The Labute approximate surface area is 121 Å². The second kappa shape index (κ2) is 6.01. The fourth-order valence-corrected chi connectivity index (χ4v) is 2.43. The second-order valence-electron chi connectivity index (χ2n) is 5.16. The monoisotopic (exact) mass is 288 g/mol. The molecule has 1 aliphatic heterocycles. The summed E-state index contributed by atoms with van der Waals surface area (Å²) in [6.45, 7) is 2.65. The van der Waals surface area contributed by atoms with Gasteiger partial charge < -0.3 is 10.1 Å². The number of fused-ring (bicyclic) bond motifs is 1. The fraction of sp³-hybridized carbons (Fsp3) is 0.429. The van der Waals surface area contributed by atoms with Gasteiger partial charge in [-0.1, -0.05) is 0 Å². The van der Waals surface area contributed by atoms with E-state index in [0.717, 1.165) is 19.5 Å². The highest BCUT2D eigenvalue weighted by atomic mass is 16.6. The van der Waals surface area contributed by atoms with Crippen molar-refractivity contribution in [1.82, 2.24) is 15.3 Å². The number of nitro benzene ring substituents is 1. The Morgan fingerprint density at radius 1 is 1.43 bits per heavy atom. The molecule has 1 aromatic carbocycles. The van der Waals surface area contributed by atoms with Crippen LogP contribution in [0.1, 0.15) is 12.8 Å². The molecule has 0 amide bonds. The summed E-state index contributed by atoms with van der Waals surface area (Å²) in [4.78, 5) is 18.8. The third-order valence-corrected chi connectivity index (χ3v) is 3.58. The first-order valence-corrected chi connectivity index (χ1v) is 6.97. The van der Waals surface area contributed by atoms with Crippen LogP contribution in [0.15, 0.2) is 24.4 Å². The average Bonchev–Trinajstić information content (AvgIpc) is 2.53. The Kier molecular flexibility index (Phi) is 3.92. The van der Waals surface area contributed by atoms with Crippen molar-refractivity contribution < 1.29 is 9.66 Å². The highest BCUT2D eigenvalue weighted by Gasteiger charge is 2.14. The highest BCUT2D eigenvalue weighted by Crippen LogP contribution is 2.20. The normalized spacial score (nSPS) is 18.6. The quantitative estimate of drug-likeness (QED) is 0.682. The number of benzene rings is 1. The fourth-order valence-electron chi connectivity index (χ4n) is 2.43. The predicted molar refractivity (Wildman–Crippen MR) is 77.3 cm³/mol. The van der Waals surface area contributed by atoms with E-state index in [4.69, 9.17) is 4.74 Å². The SMILES string of the molecule is O=[N+]([O-])c1ccc2nc(OCC3CCCNC3)cnc2c1. The van der Waals surface area contributed by atoms with E-state index in [-0.39, 0.29) is 5.69 Å². The molecule has 0 radical (unpaired) electrons. The molecule has 0 aliphatic carbocycles. The maximum Gasteiger partial charge on any atom is 0.271 e. The Bertz CT molecular complexity index is 656. The third kappa shape index (κ3) is 3.25. The number of aromatic nitrogens is 2. The molecule has 1 aliphatic rings. The van der Waals surface area contributed by atoms with Gasteiger partial charge in [-0.05, 0) is 25.5 Å². The van der Waals surface area contributed by atoms with Crippen LogP contribution >= 0.6 is 0 Å². The maximum atomic E-state index is 10.7. The largest absolute Gasteiger partial charge is 0.476 e. The summed E-state index contributed by atoms with van der Waals surface area (Å²) >= 11 is 0. The smallest absolute Gasteiger partial charge is 0.271 e. The summed E-state index contributed by atoms with van der Waals surface area (Å²) in [5.41, 5.74) is 1.11. The lowest BCUT2D eigenvalue weighted by Crippen LogP contribution is -2.33. The standard InChI is InChI=1S/C14H16N4O3/c19-18(20)11-3-4-12-13(6-11)16-8-14(17-12)21-9-10-2-1-5-15-7-10/h3-4,6,8,10,15H,1-2,5,7,9H2. The van der Waals surface area contributed by atoms with Gasteiger partial charge in [0.05, 0.1) is 28.8 Å². The van der Waals surface area contributed by atoms with E-state index in [2.05, 4.69) is 15.3 Å². The van der Waals surface area contributed by atoms with E-state index in [1.165, 1.54) is 24.8 Å². The van der Waals surface area contributed by atoms with Gasteiger partial charge in [0.15, 0.2) is 0 Å². The molecule has 7 nitrogen and oxygen atoms in total. The molecule has 2 heterocycles. The lowest BCUT2D eigenvalue weighted by atomic mass is 10.0. The number of piperidine rings is 1. The van der Waals surface area contributed by atoms with Crippen LogP contribution in [-0.2, 0) is 0 Å². The van der Waals surface area contributed by atoms with Gasteiger partial charge in [0.25, 0.3) is 5.69 Å². The summed E-state index contributed by atoms with van der Waals surface area (Å²) in [6.07, 6.45) is 3.84. The molecule has 0 bridgehead atoms. The number of rotatable bonds is 4. The van der Waals surface area contributed by atoms with E-state index in [1.54, 1.807) is 6.07 Å². The van der Waals surface area contributed by atoms with Crippen LogP contribution < -0.4 is 10.1 Å². The zero-order valence-electron chi connectivity index (χ0n) is 11.5. The minimum Gasteiger partial charge on any atom is -0.476 e. The predicted octanol–water partition coefficient (Wildman–Crippen LogP) is 1.92. The van der Waals surface area contributed by atoms with E-state index in [0.29, 0.717) is 29.4 Å². The van der Waals surface area contributed by atoms with Gasteiger partial charge in [0, 0.05) is 24.6 Å².